The minimum atomic E-state index is -4.24. The Labute approximate surface area is 184 Å². The molecule has 1 amide bonds. The molecule has 0 aromatic rings. The number of amides is 1. The summed E-state index contributed by atoms with van der Waals surface area (Å²) in [5.41, 5.74) is 4.66. The molecular formula is C20H32F5N5O2. The monoisotopic (exact) mass is 469 g/mol. The Balaban J connectivity index is 1.64. The summed E-state index contributed by atoms with van der Waals surface area (Å²) in [7, 11) is 0. The molecular weight excluding hydrogens is 437 g/mol. The average Bonchev–Trinajstić information content (AvgIpc) is 3.09. The Morgan fingerprint density at radius 1 is 1.06 bits per heavy atom. The summed E-state index contributed by atoms with van der Waals surface area (Å²) in [6, 6.07) is -0.397. The summed E-state index contributed by atoms with van der Waals surface area (Å²) < 4.78 is 66.4. The average molecular weight is 469 g/mol. The molecule has 3 rings (SSSR count). The second kappa shape index (κ2) is 9.76. The van der Waals surface area contributed by atoms with Crippen molar-refractivity contribution in [3.05, 3.63) is 0 Å². The van der Waals surface area contributed by atoms with Gasteiger partial charge in [-0.3, -0.25) is 15.5 Å². The standard InChI is InChI=1S/C20H32F5N5O2/c1-19(2,32)9-26-18(28-17(31)10-3-6-13(21)14(22)7-10)27-16-12-5-4-11(20(23,24)25)8-15(12)29-30-16/h10-16,29-30,32H,3-9H2,1-2H3,(H2,26,27,28,31). The number of guanidine groups is 1. The summed E-state index contributed by atoms with van der Waals surface area (Å²) in [6.45, 7) is 3.02. The maximum absolute atomic E-state index is 13.7. The van der Waals surface area contributed by atoms with Crippen LogP contribution in [0.4, 0.5) is 22.0 Å². The molecule has 0 radical (unpaired) electrons. The molecule has 1 aliphatic heterocycles. The molecule has 3 fully saturated rings. The Morgan fingerprint density at radius 2 is 1.78 bits per heavy atom. The summed E-state index contributed by atoms with van der Waals surface area (Å²) in [4.78, 5) is 16.9. The van der Waals surface area contributed by atoms with Crippen molar-refractivity contribution >= 4 is 11.9 Å². The summed E-state index contributed by atoms with van der Waals surface area (Å²) >= 11 is 0. The highest BCUT2D eigenvalue weighted by molar-refractivity contribution is 5.98. The van der Waals surface area contributed by atoms with E-state index in [4.69, 9.17) is 0 Å². The van der Waals surface area contributed by atoms with E-state index >= 15 is 0 Å². The lowest BCUT2D eigenvalue weighted by Crippen LogP contribution is -2.54. The number of nitrogens with one attached hydrogen (secondary N) is 4. The van der Waals surface area contributed by atoms with E-state index in [2.05, 4.69) is 26.5 Å². The molecule has 3 aliphatic rings. The van der Waals surface area contributed by atoms with Crippen LogP contribution in [0.2, 0.25) is 0 Å². The SMILES string of the molecule is CC(C)(O)CN=C(NC(=O)C1CCC(F)C(F)C1)NC1NNC2CC(C(F)(F)F)CCC21. The van der Waals surface area contributed by atoms with Crippen molar-refractivity contribution in [2.45, 2.75) is 88.7 Å². The smallest absolute Gasteiger partial charge is 0.389 e. The van der Waals surface area contributed by atoms with Crippen LogP contribution in [0.25, 0.3) is 0 Å². The number of aliphatic imine (C=N–C) groups is 1. The zero-order valence-corrected chi connectivity index (χ0v) is 18.2. The van der Waals surface area contributed by atoms with E-state index in [-0.39, 0.29) is 50.5 Å². The van der Waals surface area contributed by atoms with Crippen LogP contribution in [0.3, 0.4) is 0 Å². The van der Waals surface area contributed by atoms with Crippen LogP contribution < -0.4 is 21.5 Å². The molecule has 184 valence electrons. The first-order chi connectivity index (χ1) is 14.8. The predicted octanol–water partition coefficient (Wildman–Crippen LogP) is 2.08. The number of hydrazine groups is 1. The van der Waals surface area contributed by atoms with Gasteiger partial charge in [0, 0.05) is 17.9 Å². The summed E-state index contributed by atoms with van der Waals surface area (Å²) in [6.07, 6.45) is -7.77. The van der Waals surface area contributed by atoms with Crippen molar-refractivity contribution in [3.63, 3.8) is 0 Å². The number of alkyl halides is 5. The third kappa shape index (κ3) is 6.50. The molecule has 0 bridgehead atoms. The highest BCUT2D eigenvalue weighted by Crippen LogP contribution is 2.41. The number of hydrogen-bond donors (Lipinski definition) is 5. The molecule has 1 heterocycles. The molecule has 5 N–H and O–H groups in total. The molecule has 7 unspecified atom stereocenters. The van der Waals surface area contributed by atoms with Gasteiger partial charge in [-0.1, -0.05) is 0 Å². The maximum Gasteiger partial charge on any atom is 0.391 e. The number of hydrogen-bond acceptors (Lipinski definition) is 5. The first-order valence-corrected chi connectivity index (χ1v) is 11.0. The van der Waals surface area contributed by atoms with E-state index in [1.807, 2.05) is 0 Å². The molecule has 7 nitrogen and oxygen atoms in total. The Hall–Kier alpha value is -1.53. The topological polar surface area (TPSA) is 97.8 Å². The lowest BCUT2D eigenvalue weighted by Gasteiger charge is -2.34. The van der Waals surface area contributed by atoms with E-state index in [1.54, 1.807) is 0 Å². The van der Waals surface area contributed by atoms with Crippen LogP contribution >= 0.6 is 0 Å². The first-order valence-electron chi connectivity index (χ1n) is 11.0. The van der Waals surface area contributed by atoms with Crippen molar-refractivity contribution in [2.24, 2.45) is 22.7 Å². The lowest BCUT2D eigenvalue weighted by atomic mass is 9.78. The number of carbonyl (C=O) groups is 1. The molecule has 32 heavy (non-hydrogen) atoms. The Bertz CT molecular complexity index is 699. The van der Waals surface area contributed by atoms with E-state index < -0.39 is 54.1 Å². The number of halogens is 5. The van der Waals surface area contributed by atoms with Crippen LogP contribution in [0, 0.1) is 17.8 Å². The fraction of sp³-hybridized carbons (Fsp3) is 0.900. The van der Waals surface area contributed by atoms with Gasteiger partial charge in [0.2, 0.25) is 5.91 Å². The van der Waals surface area contributed by atoms with Gasteiger partial charge in [-0.2, -0.15) is 13.2 Å². The molecule has 0 aromatic heterocycles. The van der Waals surface area contributed by atoms with E-state index in [0.717, 1.165) is 0 Å². The first kappa shape index (κ1) is 25.1. The van der Waals surface area contributed by atoms with Gasteiger partial charge >= 0.3 is 6.18 Å². The van der Waals surface area contributed by atoms with Gasteiger partial charge in [-0.05, 0) is 52.4 Å². The van der Waals surface area contributed by atoms with E-state index in [0.29, 0.717) is 6.42 Å². The van der Waals surface area contributed by atoms with Crippen LogP contribution in [-0.2, 0) is 4.79 Å². The van der Waals surface area contributed by atoms with E-state index in [9.17, 15) is 31.9 Å². The van der Waals surface area contributed by atoms with Gasteiger partial charge in [0.1, 0.15) is 12.3 Å². The molecule has 2 saturated carbocycles. The third-order valence-electron chi connectivity index (χ3n) is 6.44. The maximum atomic E-state index is 13.7. The fourth-order valence-corrected chi connectivity index (χ4v) is 4.58. The number of fused-ring (bicyclic) bond motifs is 1. The van der Waals surface area contributed by atoms with Gasteiger partial charge in [0.05, 0.1) is 24.2 Å². The van der Waals surface area contributed by atoms with Crippen LogP contribution in [-0.4, -0.2) is 59.8 Å². The molecule has 2 aliphatic carbocycles. The van der Waals surface area contributed by atoms with Crippen molar-refractivity contribution in [3.8, 4) is 0 Å². The Morgan fingerprint density at radius 3 is 2.41 bits per heavy atom. The second-order valence-electron chi connectivity index (χ2n) is 9.74. The van der Waals surface area contributed by atoms with Crippen molar-refractivity contribution < 1.29 is 31.9 Å². The largest absolute Gasteiger partial charge is 0.391 e. The van der Waals surface area contributed by atoms with Crippen LogP contribution in [0.5, 0.6) is 0 Å². The number of nitrogens with zero attached hydrogens (tertiary/aromatic N) is 1. The minimum absolute atomic E-state index is 0.0130. The molecule has 0 aromatic carbocycles. The normalized spacial score (nSPS) is 36.5. The third-order valence-corrected chi connectivity index (χ3v) is 6.44. The molecule has 7 atom stereocenters. The zero-order chi connectivity index (χ0) is 23.7. The second-order valence-corrected chi connectivity index (χ2v) is 9.74. The lowest BCUT2D eigenvalue weighted by molar-refractivity contribution is -0.185. The summed E-state index contributed by atoms with van der Waals surface area (Å²) in [5, 5.41) is 15.6. The number of carbonyl (C=O) groups excluding carboxylic acids is 1. The summed E-state index contributed by atoms with van der Waals surface area (Å²) in [5.74, 6) is -2.72. The van der Waals surface area contributed by atoms with Gasteiger partial charge in [-0.15, -0.1) is 0 Å². The minimum Gasteiger partial charge on any atom is -0.389 e. The number of aliphatic hydroxyl groups is 1. The zero-order valence-electron chi connectivity index (χ0n) is 18.2. The molecule has 0 spiro atoms. The number of rotatable bonds is 4. The Kier molecular flexibility index (Phi) is 7.66. The van der Waals surface area contributed by atoms with Crippen LogP contribution in [0.1, 0.15) is 52.4 Å². The van der Waals surface area contributed by atoms with Gasteiger partial charge in [0.15, 0.2) is 5.96 Å². The van der Waals surface area contributed by atoms with Crippen molar-refractivity contribution in [1.29, 1.82) is 0 Å². The van der Waals surface area contributed by atoms with Crippen LogP contribution in [0.15, 0.2) is 4.99 Å². The molecule has 12 heteroatoms. The van der Waals surface area contributed by atoms with Crippen molar-refractivity contribution in [1.82, 2.24) is 21.5 Å². The van der Waals surface area contributed by atoms with Gasteiger partial charge < -0.3 is 10.4 Å². The van der Waals surface area contributed by atoms with Gasteiger partial charge in [0.25, 0.3) is 0 Å². The van der Waals surface area contributed by atoms with E-state index in [1.165, 1.54) is 13.8 Å². The highest BCUT2D eigenvalue weighted by Gasteiger charge is 2.49. The quantitative estimate of drug-likeness (QED) is 0.247. The predicted molar refractivity (Wildman–Crippen MR) is 108 cm³/mol. The van der Waals surface area contributed by atoms with Crippen molar-refractivity contribution in [2.75, 3.05) is 6.54 Å². The highest BCUT2D eigenvalue weighted by atomic mass is 19.4. The van der Waals surface area contributed by atoms with Gasteiger partial charge in [-0.25, -0.2) is 19.2 Å². The fourth-order valence-electron chi connectivity index (χ4n) is 4.58. The molecule has 1 saturated heterocycles.